The van der Waals surface area contributed by atoms with E-state index in [2.05, 4.69) is 64.5 Å². The third-order valence-corrected chi connectivity index (χ3v) is 5.87. The van der Waals surface area contributed by atoms with Crippen molar-refractivity contribution in [3.63, 3.8) is 0 Å². The summed E-state index contributed by atoms with van der Waals surface area (Å²) in [7, 11) is 0. The lowest BCUT2D eigenvalue weighted by Crippen LogP contribution is -2.16. The van der Waals surface area contributed by atoms with E-state index < -0.39 is 0 Å². The van der Waals surface area contributed by atoms with Crippen molar-refractivity contribution in [2.75, 3.05) is 0 Å². The van der Waals surface area contributed by atoms with Gasteiger partial charge in [0.25, 0.3) is 5.91 Å². The summed E-state index contributed by atoms with van der Waals surface area (Å²) >= 11 is 5.15. The number of halogens is 1. The van der Waals surface area contributed by atoms with E-state index in [4.69, 9.17) is 0 Å². The number of para-hydroxylation sites is 1. The van der Waals surface area contributed by atoms with Crippen molar-refractivity contribution in [1.82, 2.24) is 4.57 Å². The number of carbonyl (C=O) groups excluding carboxylic acids is 1. The number of hydrogen-bond donors (Lipinski definition) is 0. The highest BCUT2D eigenvalue weighted by Gasteiger charge is 2.10. The van der Waals surface area contributed by atoms with Crippen LogP contribution in [0, 0.1) is 0 Å². The molecule has 130 valence electrons. The maximum Gasteiger partial charge on any atom is 0.252 e. The first-order chi connectivity index (χ1) is 12.0. The van der Waals surface area contributed by atoms with Crippen molar-refractivity contribution in [3.8, 4) is 0 Å². The van der Waals surface area contributed by atoms with Crippen LogP contribution in [0.4, 0.5) is 0 Å². The summed E-state index contributed by atoms with van der Waals surface area (Å²) in [6.45, 7) is 7.18. The number of nitrogens with zero attached hydrogens (tertiary/aromatic N) is 2. The standard InChI is InChI=1S/C20H21BrN2OS/c1-4-23-19-16(21)6-5-7-17(19)25-20(23)22-18(24)12-14-8-10-15(11-9-14)13(2)3/h5-11,13H,4,12H2,1-3H3. The lowest BCUT2D eigenvalue weighted by molar-refractivity contribution is -0.117. The van der Waals surface area contributed by atoms with Gasteiger partial charge in [-0.05, 0) is 52.0 Å². The van der Waals surface area contributed by atoms with Crippen LogP contribution in [0.15, 0.2) is 51.9 Å². The second-order valence-electron chi connectivity index (χ2n) is 6.29. The van der Waals surface area contributed by atoms with Crippen LogP contribution in [0.3, 0.4) is 0 Å². The summed E-state index contributed by atoms with van der Waals surface area (Å²) in [4.78, 5) is 17.6. The molecule has 0 unspecified atom stereocenters. The molecule has 2 aromatic carbocycles. The van der Waals surface area contributed by atoms with E-state index in [0.717, 1.165) is 31.6 Å². The Bertz CT molecular complexity index is 968. The molecule has 3 aromatic rings. The lowest BCUT2D eigenvalue weighted by atomic mass is 10.0. The highest BCUT2D eigenvalue weighted by Crippen LogP contribution is 2.25. The van der Waals surface area contributed by atoms with Gasteiger partial charge in [0.2, 0.25) is 0 Å². The van der Waals surface area contributed by atoms with Gasteiger partial charge in [-0.15, -0.1) is 0 Å². The van der Waals surface area contributed by atoms with Crippen LogP contribution < -0.4 is 4.80 Å². The molecule has 5 heteroatoms. The fraction of sp³-hybridized carbons (Fsp3) is 0.300. The number of aryl methyl sites for hydroxylation is 1. The molecule has 0 saturated heterocycles. The summed E-state index contributed by atoms with van der Waals surface area (Å²) in [5.74, 6) is 0.386. The average molecular weight is 417 g/mol. The SMILES string of the molecule is CCn1c(=NC(=O)Cc2ccc(C(C)C)cc2)sc2cccc(Br)c21. The minimum Gasteiger partial charge on any atom is -0.316 e. The first-order valence-electron chi connectivity index (χ1n) is 8.43. The molecule has 0 aliphatic carbocycles. The van der Waals surface area contributed by atoms with Crippen LogP contribution in [0.1, 0.15) is 37.8 Å². The third-order valence-electron chi connectivity index (χ3n) is 4.19. The molecule has 0 atom stereocenters. The normalized spacial score (nSPS) is 12.3. The van der Waals surface area contributed by atoms with Crippen molar-refractivity contribution < 1.29 is 4.79 Å². The van der Waals surface area contributed by atoms with Gasteiger partial charge in [0, 0.05) is 11.0 Å². The average Bonchev–Trinajstić information content (AvgIpc) is 2.93. The molecule has 0 bridgehead atoms. The monoisotopic (exact) mass is 416 g/mol. The number of carbonyl (C=O) groups is 1. The number of rotatable bonds is 4. The molecule has 0 fully saturated rings. The number of amides is 1. The molecule has 3 nitrogen and oxygen atoms in total. The number of hydrogen-bond acceptors (Lipinski definition) is 2. The van der Waals surface area contributed by atoms with E-state index in [1.807, 2.05) is 24.3 Å². The van der Waals surface area contributed by atoms with Gasteiger partial charge in [0.05, 0.1) is 16.6 Å². The third kappa shape index (κ3) is 3.93. The first kappa shape index (κ1) is 18.1. The second-order valence-corrected chi connectivity index (χ2v) is 8.16. The zero-order chi connectivity index (χ0) is 18.0. The molecule has 1 aromatic heterocycles. The smallest absolute Gasteiger partial charge is 0.252 e. The Morgan fingerprint density at radius 1 is 1.20 bits per heavy atom. The second kappa shape index (κ2) is 7.67. The van der Waals surface area contributed by atoms with Crippen LogP contribution in [0.2, 0.25) is 0 Å². The molecule has 3 rings (SSSR count). The highest BCUT2D eigenvalue weighted by atomic mass is 79.9. The number of aromatic nitrogens is 1. The Labute approximate surface area is 160 Å². The van der Waals surface area contributed by atoms with Crippen LogP contribution in [-0.4, -0.2) is 10.5 Å². The Kier molecular flexibility index (Phi) is 5.54. The van der Waals surface area contributed by atoms with Gasteiger partial charge >= 0.3 is 0 Å². The van der Waals surface area contributed by atoms with Crippen LogP contribution in [0.25, 0.3) is 10.2 Å². The van der Waals surface area contributed by atoms with Gasteiger partial charge < -0.3 is 4.57 Å². The summed E-state index contributed by atoms with van der Waals surface area (Å²) < 4.78 is 4.24. The summed E-state index contributed by atoms with van der Waals surface area (Å²) in [6.07, 6.45) is 0.331. The van der Waals surface area contributed by atoms with Crippen LogP contribution >= 0.6 is 27.3 Å². The Morgan fingerprint density at radius 3 is 2.56 bits per heavy atom. The molecule has 0 aliphatic rings. The van der Waals surface area contributed by atoms with Gasteiger partial charge in [-0.25, -0.2) is 0 Å². The van der Waals surface area contributed by atoms with E-state index in [0.29, 0.717) is 12.3 Å². The van der Waals surface area contributed by atoms with Gasteiger partial charge in [-0.1, -0.05) is 55.5 Å². The van der Waals surface area contributed by atoms with E-state index in [1.54, 1.807) is 11.3 Å². The summed E-state index contributed by atoms with van der Waals surface area (Å²) in [5.41, 5.74) is 3.39. The van der Waals surface area contributed by atoms with Crippen molar-refractivity contribution in [3.05, 3.63) is 62.9 Å². The molecule has 1 amide bonds. The maximum atomic E-state index is 12.4. The summed E-state index contributed by atoms with van der Waals surface area (Å²) in [6, 6.07) is 14.3. The largest absolute Gasteiger partial charge is 0.316 e. The van der Waals surface area contributed by atoms with Gasteiger partial charge in [-0.2, -0.15) is 4.99 Å². The predicted octanol–water partition coefficient (Wildman–Crippen LogP) is 5.28. The summed E-state index contributed by atoms with van der Waals surface area (Å²) in [5, 5.41) is 0. The molecule has 0 radical (unpaired) electrons. The van der Waals surface area contributed by atoms with Crippen molar-refractivity contribution in [2.45, 2.75) is 39.7 Å². The van der Waals surface area contributed by atoms with Crippen molar-refractivity contribution in [2.24, 2.45) is 4.99 Å². The lowest BCUT2D eigenvalue weighted by Gasteiger charge is -2.05. The Morgan fingerprint density at radius 2 is 1.92 bits per heavy atom. The topological polar surface area (TPSA) is 34.4 Å². The van der Waals surface area contributed by atoms with E-state index in [9.17, 15) is 4.79 Å². The molecule has 0 saturated carbocycles. The fourth-order valence-electron chi connectivity index (χ4n) is 2.81. The number of thiazole rings is 1. The molecule has 25 heavy (non-hydrogen) atoms. The molecule has 1 heterocycles. The Hall–Kier alpha value is -1.72. The minimum atomic E-state index is -0.109. The zero-order valence-electron chi connectivity index (χ0n) is 14.6. The van der Waals surface area contributed by atoms with E-state index in [-0.39, 0.29) is 5.91 Å². The van der Waals surface area contributed by atoms with E-state index >= 15 is 0 Å². The quantitative estimate of drug-likeness (QED) is 0.569. The molecule has 0 aliphatic heterocycles. The first-order valence-corrected chi connectivity index (χ1v) is 10.0. The van der Waals surface area contributed by atoms with Gasteiger partial charge in [0.1, 0.15) is 0 Å². The number of benzene rings is 2. The zero-order valence-corrected chi connectivity index (χ0v) is 17.0. The molecular formula is C20H21BrN2OS. The maximum absolute atomic E-state index is 12.4. The molecule has 0 spiro atoms. The Balaban J connectivity index is 1.91. The van der Waals surface area contributed by atoms with Crippen molar-refractivity contribution in [1.29, 1.82) is 0 Å². The number of fused-ring (bicyclic) bond motifs is 1. The van der Waals surface area contributed by atoms with Crippen molar-refractivity contribution >= 4 is 43.4 Å². The van der Waals surface area contributed by atoms with Gasteiger partial charge in [0.15, 0.2) is 4.80 Å². The fourth-order valence-corrected chi connectivity index (χ4v) is 4.66. The van der Waals surface area contributed by atoms with E-state index in [1.165, 1.54) is 5.56 Å². The van der Waals surface area contributed by atoms with Crippen LogP contribution in [0.5, 0.6) is 0 Å². The minimum absolute atomic E-state index is 0.109. The predicted molar refractivity (Wildman–Crippen MR) is 108 cm³/mol. The van der Waals surface area contributed by atoms with Gasteiger partial charge in [-0.3, -0.25) is 4.79 Å². The molecular weight excluding hydrogens is 396 g/mol. The molecule has 0 N–H and O–H groups in total. The van der Waals surface area contributed by atoms with Crippen LogP contribution in [-0.2, 0) is 17.8 Å². The highest BCUT2D eigenvalue weighted by molar-refractivity contribution is 9.10.